The summed E-state index contributed by atoms with van der Waals surface area (Å²) in [4.78, 5) is 53.2. The number of likely N-dealkylation sites (N-methyl/N-ethyl adjacent to an activating group) is 1. The molecular formula is C37H34FN3O6. The van der Waals surface area contributed by atoms with Gasteiger partial charge in [-0.25, -0.2) is 4.39 Å². The van der Waals surface area contributed by atoms with Crippen LogP contribution in [0.1, 0.15) is 68.1 Å². The molecule has 10 heteroatoms. The second-order valence-corrected chi connectivity index (χ2v) is 11.9. The number of hydrogen-bond acceptors (Lipinski definition) is 6. The van der Waals surface area contributed by atoms with Crippen LogP contribution in [-0.2, 0) is 4.79 Å². The van der Waals surface area contributed by atoms with Crippen molar-refractivity contribution in [1.29, 1.82) is 0 Å². The Kier molecular flexibility index (Phi) is 8.76. The van der Waals surface area contributed by atoms with Crippen LogP contribution in [0.4, 0.5) is 4.39 Å². The maximum absolute atomic E-state index is 13.7. The topological polar surface area (TPSA) is 114 Å². The van der Waals surface area contributed by atoms with Crippen LogP contribution in [0, 0.1) is 11.7 Å². The third-order valence-electron chi connectivity index (χ3n) is 8.30. The first kappa shape index (κ1) is 31.5. The van der Waals surface area contributed by atoms with E-state index in [9.17, 15) is 23.6 Å². The molecule has 0 fully saturated rings. The van der Waals surface area contributed by atoms with Crippen LogP contribution in [0.3, 0.4) is 0 Å². The van der Waals surface area contributed by atoms with Gasteiger partial charge in [0.1, 0.15) is 35.9 Å². The van der Waals surface area contributed by atoms with Gasteiger partial charge < -0.3 is 20.1 Å². The number of imide groups is 1. The first-order valence-corrected chi connectivity index (χ1v) is 15.4. The fourth-order valence-corrected chi connectivity index (χ4v) is 5.89. The molecule has 2 aliphatic rings. The fourth-order valence-electron chi connectivity index (χ4n) is 5.89. The molecule has 4 aromatic rings. The Hall–Kier alpha value is -5.51. The van der Waals surface area contributed by atoms with Crippen molar-refractivity contribution >= 4 is 23.6 Å². The summed E-state index contributed by atoms with van der Waals surface area (Å²) in [6.45, 7) is 4.55. The minimum Gasteiger partial charge on any atom is -0.491 e. The highest BCUT2D eigenvalue weighted by atomic mass is 19.1. The van der Waals surface area contributed by atoms with Gasteiger partial charge in [0.15, 0.2) is 0 Å². The van der Waals surface area contributed by atoms with Crippen molar-refractivity contribution in [3.8, 4) is 22.6 Å². The highest BCUT2D eigenvalue weighted by molar-refractivity contribution is 6.21. The molecule has 2 N–H and O–H groups in total. The van der Waals surface area contributed by atoms with E-state index in [1.807, 2.05) is 26.0 Å². The monoisotopic (exact) mass is 635 g/mol. The van der Waals surface area contributed by atoms with Crippen molar-refractivity contribution in [2.24, 2.45) is 5.92 Å². The highest BCUT2D eigenvalue weighted by Crippen LogP contribution is 2.48. The second kappa shape index (κ2) is 13.1. The summed E-state index contributed by atoms with van der Waals surface area (Å²) in [6.07, 6.45) is -0.677. The number of rotatable bonds is 10. The van der Waals surface area contributed by atoms with Crippen LogP contribution < -0.4 is 20.1 Å². The number of amides is 4. The van der Waals surface area contributed by atoms with E-state index >= 15 is 0 Å². The molecule has 0 aromatic heterocycles. The van der Waals surface area contributed by atoms with Gasteiger partial charge in [0.2, 0.25) is 5.91 Å². The summed E-state index contributed by atoms with van der Waals surface area (Å²) < 4.78 is 26.1. The van der Waals surface area contributed by atoms with Crippen LogP contribution in [-0.4, -0.2) is 55.3 Å². The second-order valence-electron chi connectivity index (χ2n) is 11.9. The third-order valence-corrected chi connectivity index (χ3v) is 8.30. The van der Waals surface area contributed by atoms with Crippen LogP contribution in [0.2, 0.25) is 0 Å². The van der Waals surface area contributed by atoms with Gasteiger partial charge in [0.25, 0.3) is 17.7 Å². The summed E-state index contributed by atoms with van der Waals surface area (Å²) in [5.74, 6) is -1.19. The van der Waals surface area contributed by atoms with E-state index in [1.54, 1.807) is 67.7 Å². The molecular weight excluding hydrogens is 601 g/mol. The van der Waals surface area contributed by atoms with Crippen LogP contribution in [0.5, 0.6) is 11.5 Å². The number of benzene rings is 4. The van der Waals surface area contributed by atoms with Crippen LogP contribution in [0.25, 0.3) is 11.1 Å². The molecule has 0 spiro atoms. The normalized spacial score (nSPS) is 16.5. The molecule has 4 amide bonds. The Bertz CT molecular complexity index is 1840. The Labute approximate surface area is 271 Å². The molecule has 4 aromatic carbocycles. The molecule has 0 saturated heterocycles. The van der Waals surface area contributed by atoms with Gasteiger partial charge >= 0.3 is 0 Å². The zero-order valence-electron chi connectivity index (χ0n) is 26.2. The number of hydrogen-bond donors (Lipinski definition) is 2. The number of ether oxygens (including phenoxy) is 2. The van der Waals surface area contributed by atoms with E-state index < -0.39 is 17.8 Å². The van der Waals surface area contributed by atoms with Crippen molar-refractivity contribution in [3.05, 3.63) is 119 Å². The van der Waals surface area contributed by atoms with Gasteiger partial charge in [-0.05, 0) is 71.6 Å². The van der Waals surface area contributed by atoms with Crippen molar-refractivity contribution in [1.82, 2.24) is 15.5 Å². The molecule has 6 rings (SSSR count). The van der Waals surface area contributed by atoms with Crippen molar-refractivity contribution in [3.63, 3.8) is 0 Å². The fraction of sp³-hybridized carbons (Fsp3) is 0.243. The largest absolute Gasteiger partial charge is 0.491 e. The van der Waals surface area contributed by atoms with E-state index in [-0.39, 0.29) is 42.7 Å². The van der Waals surface area contributed by atoms with Gasteiger partial charge in [0, 0.05) is 30.3 Å². The van der Waals surface area contributed by atoms with Crippen LogP contribution >= 0.6 is 0 Å². The molecule has 0 bridgehead atoms. The van der Waals surface area contributed by atoms with E-state index in [1.165, 1.54) is 12.1 Å². The van der Waals surface area contributed by atoms with Gasteiger partial charge in [0.05, 0.1) is 17.7 Å². The SMILES string of the molecule is CNC(=O)C1c2cc(-c3cc(C(=O)NCC(C)C)ccc3OCCN3C(=O)c4ccccc4C3=O)ccc2OC1c1ccc(F)cc1. The maximum atomic E-state index is 13.7. The molecule has 0 saturated carbocycles. The minimum absolute atomic E-state index is 0.0128. The van der Waals surface area contributed by atoms with E-state index in [2.05, 4.69) is 10.6 Å². The molecule has 2 unspecified atom stereocenters. The van der Waals surface area contributed by atoms with Gasteiger partial charge in [-0.1, -0.05) is 44.2 Å². The number of halogens is 1. The average Bonchev–Trinajstić information content (AvgIpc) is 3.58. The molecule has 2 atom stereocenters. The number of nitrogens with one attached hydrogen (secondary N) is 2. The summed E-state index contributed by atoms with van der Waals surface area (Å²) in [5, 5.41) is 5.65. The third kappa shape index (κ3) is 6.18. The van der Waals surface area contributed by atoms with E-state index in [0.717, 1.165) is 4.90 Å². The molecule has 0 radical (unpaired) electrons. The first-order chi connectivity index (χ1) is 22.7. The quantitative estimate of drug-likeness (QED) is 0.222. The van der Waals surface area contributed by atoms with Gasteiger partial charge in [-0.2, -0.15) is 0 Å². The van der Waals surface area contributed by atoms with Crippen molar-refractivity contribution in [2.45, 2.75) is 25.9 Å². The molecule has 47 heavy (non-hydrogen) atoms. The molecule has 2 heterocycles. The molecule has 240 valence electrons. The average molecular weight is 636 g/mol. The number of fused-ring (bicyclic) bond motifs is 2. The predicted molar refractivity (Wildman–Crippen MR) is 173 cm³/mol. The predicted octanol–water partition coefficient (Wildman–Crippen LogP) is 5.52. The zero-order chi connectivity index (χ0) is 33.2. The summed E-state index contributed by atoms with van der Waals surface area (Å²) in [6, 6.07) is 23.0. The van der Waals surface area contributed by atoms with E-state index in [0.29, 0.717) is 57.0 Å². The lowest BCUT2D eigenvalue weighted by Gasteiger charge is -2.19. The number of nitrogens with zero attached hydrogens (tertiary/aromatic N) is 1. The first-order valence-electron chi connectivity index (χ1n) is 15.4. The number of carbonyl (C=O) groups is 4. The standard InChI is InChI=1S/C37H34FN3O6/c1-21(2)20-40-34(42)24-11-14-30(46-17-16-41-36(44)26-6-4-5-7-27(26)37(41)45)28(19-24)23-10-15-31-29(18-23)32(35(43)39-3)33(47-31)22-8-12-25(38)13-9-22/h4-15,18-19,21,32-33H,16-17,20H2,1-3H3,(H,39,43)(H,40,42). The Balaban J connectivity index is 1.32. The van der Waals surface area contributed by atoms with Crippen molar-refractivity contribution in [2.75, 3.05) is 26.7 Å². The molecule has 0 aliphatic carbocycles. The maximum Gasteiger partial charge on any atom is 0.261 e. The Morgan fingerprint density at radius 1 is 0.915 bits per heavy atom. The van der Waals surface area contributed by atoms with Gasteiger partial charge in [-0.3, -0.25) is 24.1 Å². The van der Waals surface area contributed by atoms with Crippen molar-refractivity contribution < 1.29 is 33.0 Å². The number of carbonyl (C=O) groups excluding carboxylic acids is 4. The lowest BCUT2D eigenvalue weighted by atomic mass is 9.88. The lowest BCUT2D eigenvalue weighted by Crippen LogP contribution is -2.33. The summed E-state index contributed by atoms with van der Waals surface area (Å²) in [5.41, 5.74) is 3.65. The zero-order valence-corrected chi connectivity index (χ0v) is 26.2. The smallest absolute Gasteiger partial charge is 0.261 e. The Morgan fingerprint density at radius 3 is 2.28 bits per heavy atom. The summed E-state index contributed by atoms with van der Waals surface area (Å²) in [7, 11) is 1.55. The summed E-state index contributed by atoms with van der Waals surface area (Å²) >= 11 is 0. The highest BCUT2D eigenvalue weighted by Gasteiger charge is 2.40. The Morgan fingerprint density at radius 2 is 1.62 bits per heavy atom. The van der Waals surface area contributed by atoms with E-state index in [4.69, 9.17) is 9.47 Å². The molecule has 2 aliphatic heterocycles. The van der Waals surface area contributed by atoms with Crippen LogP contribution in [0.15, 0.2) is 84.9 Å². The van der Waals surface area contributed by atoms with Gasteiger partial charge in [-0.15, -0.1) is 0 Å². The lowest BCUT2D eigenvalue weighted by molar-refractivity contribution is -0.123. The minimum atomic E-state index is -0.726. The molecule has 9 nitrogen and oxygen atoms in total.